The summed E-state index contributed by atoms with van der Waals surface area (Å²) < 4.78 is 0. The molecule has 4 rings (SSSR count). The van der Waals surface area contributed by atoms with Crippen molar-refractivity contribution >= 4 is 68.1 Å². The summed E-state index contributed by atoms with van der Waals surface area (Å²) in [5, 5.41) is 12.7. The Labute approximate surface area is 205 Å². The van der Waals surface area contributed by atoms with Crippen molar-refractivity contribution in [3.8, 4) is 0 Å². The molecule has 9 heteroatoms. The minimum absolute atomic E-state index is 0.128. The molecule has 0 aliphatic rings. The van der Waals surface area contributed by atoms with Crippen molar-refractivity contribution in [2.45, 2.75) is 12.7 Å². The number of hydrogen-bond donors (Lipinski definition) is 3. The van der Waals surface area contributed by atoms with Crippen LogP contribution in [-0.4, -0.2) is 28.5 Å². The molecule has 0 bridgehead atoms. The van der Waals surface area contributed by atoms with Gasteiger partial charge >= 0.3 is 0 Å². The van der Waals surface area contributed by atoms with E-state index in [2.05, 4.69) is 20.9 Å². The number of nitrogens with one attached hydrogen (secondary N) is 3. The van der Waals surface area contributed by atoms with E-state index in [0.29, 0.717) is 27.8 Å². The number of aromatic nitrogens is 1. The third kappa shape index (κ3) is 6.21. The smallest absolute Gasteiger partial charge is 0.258 e. The van der Waals surface area contributed by atoms with Gasteiger partial charge in [-0.25, -0.2) is 4.98 Å². The van der Waals surface area contributed by atoms with Crippen LogP contribution in [0.3, 0.4) is 0 Å². The lowest BCUT2D eigenvalue weighted by Gasteiger charge is -2.07. The lowest BCUT2D eigenvalue weighted by Crippen LogP contribution is -2.14. The van der Waals surface area contributed by atoms with Gasteiger partial charge in [0.1, 0.15) is 0 Å². The van der Waals surface area contributed by atoms with Crippen LogP contribution in [0, 0.1) is 0 Å². The van der Waals surface area contributed by atoms with Crippen LogP contribution in [0.15, 0.2) is 72.1 Å². The minimum atomic E-state index is -0.200. The molecule has 0 fully saturated rings. The normalized spacial score (nSPS) is 10.6. The van der Waals surface area contributed by atoms with Crippen molar-refractivity contribution in [1.82, 2.24) is 4.98 Å². The molecule has 34 heavy (non-hydrogen) atoms. The molecule has 3 amide bonds. The molecule has 0 saturated carbocycles. The first-order valence-corrected chi connectivity index (χ1v) is 12.5. The monoisotopic (exact) mass is 490 g/mol. The molecule has 0 unspecified atom stereocenters. The Hall–Kier alpha value is -3.69. The Balaban J connectivity index is 1.26. The Morgan fingerprint density at radius 2 is 1.59 bits per heavy atom. The molecule has 4 aromatic rings. The molecule has 3 N–H and O–H groups in total. The first-order valence-electron chi connectivity index (χ1n) is 10.5. The quantitative estimate of drug-likeness (QED) is 0.308. The van der Waals surface area contributed by atoms with Gasteiger partial charge in [0, 0.05) is 35.0 Å². The van der Waals surface area contributed by atoms with E-state index in [-0.39, 0.29) is 23.5 Å². The maximum absolute atomic E-state index is 12.8. The number of amides is 3. The van der Waals surface area contributed by atoms with Gasteiger partial charge in [0.2, 0.25) is 11.8 Å². The van der Waals surface area contributed by atoms with Crippen LogP contribution < -0.4 is 16.0 Å². The second-order valence-corrected chi connectivity index (χ2v) is 9.27. The summed E-state index contributed by atoms with van der Waals surface area (Å²) in [6.07, 6.45) is 0. The lowest BCUT2D eigenvalue weighted by molar-refractivity contribution is -0.114. The topological polar surface area (TPSA) is 100 Å². The van der Waals surface area contributed by atoms with Crippen LogP contribution in [0.2, 0.25) is 0 Å². The van der Waals surface area contributed by atoms with Crippen LogP contribution in [-0.2, 0) is 15.3 Å². The molecule has 0 radical (unpaired) electrons. The van der Waals surface area contributed by atoms with Gasteiger partial charge in [0.25, 0.3) is 5.91 Å². The summed E-state index contributed by atoms with van der Waals surface area (Å²) in [5.41, 5.74) is 2.74. The van der Waals surface area contributed by atoms with Gasteiger partial charge in [0.05, 0.1) is 11.4 Å². The van der Waals surface area contributed by atoms with Gasteiger partial charge < -0.3 is 10.6 Å². The summed E-state index contributed by atoms with van der Waals surface area (Å²) >= 11 is 2.80. The van der Waals surface area contributed by atoms with Gasteiger partial charge in [-0.05, 0) is 41.1 Å². The van der Waals surface area contributed by atoms with E-state index in [4.69, 9.17) is 0 Å². The zero-order chi connectivity index (χ0) is 23.9. The predicted octanol–water partition coefficient (Wildman–Crippen LogP) is 5.38. The number of carbonyl (C=O) groups excluding carboxylic acids is 3. The molecule has 7 nitrogen and oxygen atoms in total. The molecule has 172 valence electrons. The number of hydrogen-bond acceptors (Lipinski definition) is 6. The first-order chi connectivity index (χ1) is 16.5. The number of rotatable bonds is 8. The van der Waals surface area contributed by atoms with E-state index in [0.717, 1.165) is 16.5 Å². The Bertz CT molecular complexity index is 1330. The van der Waals surface area contributed by atoms with Crippen molar-refractivity contribution in [3.05, 3.63) is 83.4 Å². The summed E-state index contributed by atoms with van der Waals surface area (Å²) in [6.45, 7) is 1.44. The van der Waals surface area contributed by atoms with E-state index < -0.39 is 0 Å². The second kappa shape index (κ2) is 11.0. The van der Waals surface area contributed by atoms with Crippen molar-refractivity contribution in [3.63, 3.8) is 0 Å². The van der Waals surface area contributed by atoms with Crippen molar-refractivity contribution in [1.29, 1.82) is 0 Å². The van der Waals surface area contributed by atoms with Gasteiger partial charge in [-0.2, -0.15) is 0 Å². The van der Waals surface area contributed by atoms with Crippen LogP contribution >= 0.6 is 23.1 Å². The zero-order valence-electron chi connectivity index (χ0n) is 18.3. The molecule has 1 heterocycles. The molecule has 3 aromatic carbocycles. The Morgan fingerprint density at radius 3 is 2.35 bits per heavy atom. The fourth-order valence-electron chi connectivity index (χ4n) is 3.30. The number of nitrogens with zero attached hydrogens (tertiary/aromatic N) is 1. The Morgan fingerprint density at radius 1 is 0.882 bits per heavy atom. The first kappa shape index (κ1) is 23.5. The highest BCUT2D eigenvalue weighted by Gasteiger charge is 2.12. The SMILES string of the molecule is CC(=O)Nc1ccc(NC(=O)CSCc2csc(NC(=O)c3cccc4ccccc34)n2)cc1. The maximum atomic E-state index is 12.8. The van der Waals surface area contributed by atoms with Crippen LogP contribution in [0.5, 0.6) is 0 Å². The average Bonchev–Trinajstić information content (AvgIpc) is 3.26. The van der Waals surface area contributed by atoms with E-state index in [1.165, 1.54) is 30.0 Å². The lowest BCUT2D eigenvalue weighted by atomic mass is 10.0. The zero-order valence-corrected chi connectivity index (χ0v) is 20.0. The molecule has 0 spiro atoms. The van der Waals surface area contributed by atoms with E-state index >= 15 is 0 Å². The third-order valence-electron chi connectivity index (χ3n) is 4.78. The minimum Gasteiger partial charge on any atom is -0.326 e. The van der Waals surface area contributed by atoms with Crippen molar-refractivity contribution in [2.75, 3.05) is 21.7 Å². The highest BCUT2D eigenvalue weighted by atomic mass is 32.2. The number of carbonyl (C=O) groups is 3. The molecule has 0 aliphatic carbocycles. The number of thiazole rings is 1. The number of anilines is 3. The molecule has 0 atom stereocenters. The molecular formula is C25H22N4O3S2. The number of benzene rings is 3. The molecule has 0 aliphatic heterocycles. The standard InChI is InChI=1S/C25H22N4O3S2/c1-16(30)26-18-9-11-19(12-10-18)27-23(31)15-33-13-20-14-34-25(28-20)29-24(32)22-8-4-6-17-5-2-3-7-21(17)22/h2-12,14H,13,15H2,1H3,(H,26,30)(H,27,31)(H,28,29,32). The van der Waals surface area contributed by atoms with E-state index in [1.807, 2.05) is 41.8 Å². The van der Waals surface area contributed by atoms with Gasteiger partial charge in [-0.1, -0.05) is 36.4 Å². The second-order valence-electron chi connectivity index (χ2n) is 7.42. The number of thioether (sulfide) groups is 1. The Kier molecular flexibility index (Phi) is 7.56. The molecule has 1 aromatic heterocycles. The molecule has 0 saturated heterocycles. The largest absolute Gasteiger partial charge is 0.326 e. The highest BCUT2D eigenvalue weighted by Crippen LogP contribution is 2.23. The van der Waals surface area contributed by atoms with E-state index in [9.17, 15) is 14.4 Å². The van der Waals surface area contributed by atoms with Gasteiger partial charge in [-0.15, -0.1) is 23.1 Å². The summed E-state index contributed by atoms with van der Waals surface area (Å²) in [5.74, 6) is 0.343. The average molecular weight is 491 g/mol. The van der Waals surface area contributed by atoms with Gasteiger partial charge in [0.15, 0.2) is 5.13 Å². The van der Waals surface area contributed by atoms with Crippen molar-refractivity contribution < 1.29 is 14.4 Å². The predicted molar refractivity (Wildman–Crippen MR) is 140 cm³/mol. The summed E-state index contributed by atoms with van der Waals surface area (Å²) in [4.78, 5) is 40.5. The van der Waals surface area contributed by atoms with Crippen molar-refractivity contribution in [2.24, 2.45) is 0 Å². The van der Waals surface area contributed by atoms with E-state index in [1.54, 1.807) is 30.3 Å². The van der Waals surface area contributed by atoms with Crippen LogP contribution in [0.25, 0.3) is 10.8 Å². The van der Waals surface area contributed by atoms with Gasteiger partial charge in [-0.3, -0.25) is 19.7 Å². The summed E-state index contributed by atoms with van der Waals surface area (Å²) in [6, 6.07) is 20.3. The fourth-order valence-corrected chi connectivity index (χ4v) is 4.83. The van der Waals surface area contributed by atoms with Crippen LogP contribution in [0.1, 0.15) is 23.0 Å². The number of fused-ring (bicyclic) bond motifs is 1. The third-order valence-corrected chi connectivity index (χ3v) is 6.55. The maximum Gasteiger partial charge on any atom is 0.258 e. The summed E-state index contributed by atoms with van der Waals surface area (Å²) in [7, 11) is 0. The molecular weight excluding hydrogens is 468 g/mol. The van der Waals surface area contributed by atoms with Crippen LogP contribution in [0.4, 0.5) is 16.5 Å². The highest BCUT2D eigenvalue weighted by molar-refractivity contribution is 7.99. The fraction of sp³-hybridized carbons (Fsp3) is 0.120.